The molecule has 1 fully saturated rings. The summed E-state index contributed by atoms with van der Waals surface area (Å²) in [4.78, 5) is 12.3. The number of halogens is 1. The van der Waals surface area contributed by atoms with Crippen LogP contribution in [0.25, 0.3) is 0 Å². The van der Waals surface area contributed by atoms with Gasteiger partial charge in [-0.2, -0.15) is 0 Å². The molecule has 4 N–H and O–H groups in total. The van der Waals surface area contributed by atoms with E-state index in [-0.39, 0.29) is 23.7 Å². The van der Waals surface area contributed by atoms with Gasteiger partial charge in [0.05, 0.1) is 6.04 Å². The molecule has 3 rings (SSSR count). The number of nitrogens with one attached hydrogen (secondary N) is 3. The van der Waals surface area contributed by atoms with Crippen LogP contribution in [0.1, 0.15) is 23.6 Å². The van der Waals surface area contributed by atoms with Crippen LogP contribution in [0.2, 0.25) is 5.02 Å². The van der Waals surface area contributed by atoms with Crippen LogP contribution >= 0.6 is 11.6 Å². The molecule has 2 aromatic rings. The summed E-state index contributed by atoms with van der Waals surface area (Å²) >= 11 is 5.98. The topological polar surface area (TPSA) is 73.4 Å². The van der Waals surface area contributed by atoms with E-state index in [1.54, 1.807) is 18.2 Å². The average molecular weight is 332 g/mol. The van der Waals surface area contributed by atoms with Crippen LogP contribution in [-0.4, -0.2) is 17.1 Å². The van der Waals surface area contributed by atoms with E-state index < -0.39 is 0 Å². The quantitative estimate of drug-likeness (QED) is 0.698. The third kappa shape index (κ3) is 3.64. The fourth-order valence-corrected chi connectivity index (χ4v) is 2.78. The lowest BCUT2D eigenvalue weighted by Crippen LogP contribution is -2.39. The lowest BCUT2D eigenvalue weighted by Gasteiger charge is -2.12. The highest BCUT2D eigenvalue weighted by molar-refractivity contribution is 6.30. The molecule has 0 bridgehead atoms. The molecule has 1 heterocycles. The van der Waals surface area contributed by atoms with Gasteiger partial charge in [0.15, 0.2) is 0 Å². The molecule has 1 aliphatic rings. The van der Waals surface area contributed by atoms with E-state index in [4.69, 9.17) is 11.6 Å². The number of anilines is 1. The molecule has 5 nitrogen and oxygen atoms in total. The zero-order valence-electron chi connectivity index (χ0n) is 12.6. The molecule has 0 radical (unpaired) electrons. The number of carbonyl (C=O) groups is 1. The number of aromatic hydroxyl groups is 1. The number of carbonyl (C=O) groups excluding carboxylic acids is 1. The second kappa shape index (κ2) is 6.58. The third-order valence-electron chi connectivity index (χ3n) is 3.90. The maximum Gasteiger partial charge on any atom is 0.242 e. The summed E-state index contributed by atoms with van der Waals surface area (Å²) < 4.78 is 0. The van der Waals surface area contributed by atoms with Gasteiger partial charge in [0.25, 0.3) is 0 Å². The van der Waals surface area contributed by atoms with Crippen molar-refractivity contribution >= 4 is 23.2 Å². The van der Waals surface area contributed by atoms with Crippen LogP contribution in [0.15, 0.2) is 42.5 Å². The standard InChI is InChI=1S/C17H18ClN3O2/c1-10-2-5-12(6-3-10)19-17(23)15-9-14(20-21-15)13-8-11(18)4-7-16(13)22/h2-8,14-15,20-22H,9H2,1H3,(H,19,23). The number of phenols is 1. The van der Waals surface area contributed by atoms with Crippen molar-refractivity contribution in [1.82, 2.24) is 10.9 Å². The highest BCUT2D eigenvalue weighted by Gasteiger charge is 2.31. The first kappa shape index (κ1) is 15.8. The fourth-order valence-electron chi connectivity index (χ4n) is 2.60. The first-order valence-electron chi connectivity index (χ1n) is 7.40. The Morgan fingerprint density at radius 2 is 1.96 bits per heavy atom. The van der Waals surface area contributed by atoms with Crippen LogP contribution in [0.5, 0.6) is 5.75 Å². The smallest absolute Gasteiger partial charge is 0.242 e. The van der Waals surface area contributed by atoms with Crippen molar-refractivity contribution in [3.05, 3.63) is 58.6 Å². The van der Waals surface area contributed by atoms with Crippen molar-refractivity contribution in [3.8, 4) is 5.75 Å². The molecule has 1 saturated heterocycles. The van der Waals surface area contributed by atoms with Gasteiger partial charge in [0, 0.05) is 16.3 Å². The molecule has 120 valence electrons. The number of rotatable bonds is 3. The maximum absolute atomic E-state index is 12.3. The summed E-state index contributed by atoms with van der Waals surface area (Å²) in [7, 11) is 0. The molecule has 23 heavy (non-hydrogen) atoms. The summed E-state index contributed by atoms with van der Waals surface area (Å²) in [5.74, 6) is 0.0404. The summed E-state index contributed by atoms with van der Waals surface area (Å²) in [6.45, 7) is 2.00. The molecule has 0 aromatic heterocycles. The lowest BCUT2D eigenvalue weighted by atomic mass is 10.0. The first-order valence-corrected chi connectivity index (χ1v) is 7.78. The van der Waals surface area contributed by atoms with Gasteiger partial charge in [-0.3, -0.25) is 4.79 Å². The largest absolute Gasteiger partial charge is 0.508 e. The number of phenolic OH excluding ortho intramolecular Hbond substituents is 1. The van der Waals surface area contributed by atoms with E-state index in [0.29, 0.717) is 17.0 Å². The van der Waals surface area contributed by atoms with Gasteiger partial charge in [0.1, 0.15) is 11.8 Å². The van der Waals surface area contributed by atoms with Crippen molar-refractivity contribution in [2.24, 2.45) is 0 Å². The molecule has 1 aliphatic heterocycles. The van der Waals surface area contributed by atoms with Gasteiger partial charge in [0.2, 0.25) is 5.91 Å². The van der Waals surface area contributed by atoms with E-state index >= 15 is 0 Å². The minimum atomic E-state index is -0.389. The van der Waals surface area contributed by atoms with E-state index in [2.05, 4.69) is 16.2 Å². The minimum absolute atomic E-state index is 0.120. The summed E-state index contributed by atoms with van der Waals surface area (Å²) in [5.41, 5.74) is 8.58. The Morgan fingerprint density at radius 1 is 1.22 bits per heavy atom. The first-order chi connectivity index (χ1) is 11.0. The lowest BCUT2D eigenvalue weighted by molar-refractivity contribution is -0.117. The second-order valence-corrected chi connectivity index (χ2v) is 6.12. The van der Waals surface area contributed by atoms with Gasteiger partial charge < -0.3 is 10.4 Å². The highest BCUT2D eigenvalue weighted by Crippen LogP contribution is 2.31. The fraction of sp³-hybridized carbons (Fsp3) is 0.235. The van der Waals surface area contributed by atoms with Crippen LogP contribution < -0.4 is 16.2 Å². The van der Waals surface area contributed by atoms with Crippen LogP contribution in [0.4, 0.5) is 5.69 Å². The Hall–Kier alpha value is -2.08. The Kier molecular flexibility index (Phi) is 4.52. The van der Waals surface area contributed by atoms with Gasteiger partial charge >= 0.3 is 0 Å². The number of aryl methyl sites for hydroxylation is 1. The van der Waals surface area contributed by atoms with E-state index in [1.807, 2.05) is 31.2 Å². The van der Waals surface area contributed by atoms with Crippen LogP contribution in [0.3, 0.4) is 0 Å². The molecular formula is C17H18ClN3O2. The summed E-state index contributed by atoms with van der Waals surface area (Å²) in [6, 6.07) is 12.0. The zero-order valence-corrected chi connectivity index (χ0v) is 13.4. The third-order valence-corrected chi connectivity index (χ3v) is 4.14. The number of hydrogen-bond acceptors (Lipinski definition) is 4. The number of hydrazine groups is 1. The molecule has 2 aromatic carbocycles. The van der Waals surface area contributed by atoms with E-state index in [9.17, 15) is 9.90 Å². The van der Waals surface area contributed by atoms with Crippen LogP contribution in [-0.2, 0) is 4.79 Å². The molecule has 0 aliphatic carbocycles. The van der Waals surface area contributed by atoms with Crippen molar-refractivity contribution < 1.29 is 9.90 Å². The molecule has 0 spiro atoms. The molecule has 6 heteroatoms. The maximum atomic E-state index is 12.3. The summed E-state index contributed by atoms with van der Waals surface area (Å²) in [5, 5.41) is 13.4. The van der Waals surface area contributed by atoms with Crippen molar-refractivity contribution in [2.75, 3.05) is 5.32 Å². The Morgan fingerprint density at radius 3 is 2.70 bits per heavy atom. The van der Waals surface area contributed by atoms with E-state index in [1.165, 1.54) is 0 Å². The van der Waals surface area contributed by atoms with Gasteiger partial charge in [-0.05, 0) is 43.7 Å². The van der Waals surface area contributed by atoms with Crippen molar-refractivity contribution in [1.29, 1.82) is 0 Å². The number of benzene rings is 2. The highest BCUT2D eigenvalue weighted by atomic mass is 35.5. The van der Waals surface area contributed by atoms with Crippen molar-refractivity contribution in [2.45, 2.75) is 25.4 Å². The molecule has 1 amide bonds. The monoisotopic (exact) mass is 331 g/mol. The summed E-state index contributed by atoms with van der Waals surface area (Å²) in [6.07, 6.45) is 0.519. The minimum Gasteiger partial charge on any atom is -0.508 e. The average Bonchev–Trinajstić information content (AvgIpc) is 3.02. The SMILES string of the molecule is Cc1ccc(NC(=O)C2CC(c3cc(Cl)ccc3O)NN2)cc1. The molecule has 2 atom stereocenters. The Labute approximate surface area is 139 Å². The Balaban J connectivity index is 1.66. The zero-order chi connectivity index (χ0) is 16.4. The van der Waals surface area contributed by atoms with E-state index in [0.717, 1.165) is 11.3 Å². The Bertz CT molecular complexity index is 718. The number of amides is 1. The van der Waals surface area contributed by atoms with Gasteiger partial charge in [-0.1, -0.05) is 29.3 Å². The second-order valence-electron chi connectivity index (χ2n) is 5.69. The molecule has 2 unspecified atom stereocenters. The number of hydrogen-bond donors (Lipinski definition) is 4. The predicted molar refractivity (Wildman–Crippen MR) is 90.3 cm³/mol. The molecule has 0 saturated carbocycles. The molecular weight excluding hydrogens is 314 g/mol. The van der Waals surface area contributed by atoms with Gasteiger partial charge in [-0.25, -0.2) is 10.9 Å². The normalized spacial score (nSPS) is 20.4. The van der Waals surface area contributed by atoms with Crippen LogP contribution in [0, 0.1) is 6.92 Å². The van der Waals surface area contributed by atoms with Gasteiger partial charge in [-0.15, -0.1) is 0 Å². The predicted octanol–water partition coefficient (Wildman–Crippen LogP) is 2.90. The van der Waals surface area contributed by atoms with Crippen molar-refractivity contribution in [3.63, 3.8) is 0 Å².